The molecule has 0 amide bonds. The van der Waals surface area contributed by atoms with Crippen LogP contribution in [0.25, 0.3) is 144 Å². The standard InChI is InChI=1S/C72H46N4/c1-5-19-49(20-6-1)71-73-65-45-57(35-39-67(65)75(71)59-25-9-3-10-26-59)69-61-37-33-56(54-32-30-48-18-14-16-24-52(48)42-54)44-64(61)70(62-38-34-55(43-63(62)69)53-31-29-47-17-13-15-23-51(47)41-53)58-36-40-68-66(46-58)74-72(50-21-7-2-8-22-50)76(68)60-27-11-4-12-28-60/h1-46H. The first-order valence-corrected chi connectivity index (χ1v) is 26.0. The number of para-hydroxylation sites is 2. The van der Waals surface area contributed by atoms with E-state index in [1.807, 2.05) is 0 Å². The summed E-state index contributed by atoms with van der Waals surface area (Å²) >= 11 is 0. The number of hydrogen-bond acceptors (Lipinski definition) is 2. The van der Waals surface area contributed by atoms with Crippen molar-refractivity contribution >= 4 is 65.2 Å². The maximum absolute atomic E-state index is 5.48. The summed E-state index contributed by atoms with van der Waals surface area (Å²) in [7, 11) is 0. The van der Waals surface area contributed by atoms with Crippen molar-refractivity contribution in [2.45, 2.75) is 0 Å². The molecule has 0 aliphatic heterocycles. The summed E-state index contributed by atoms with van der Waals surface area (Å²) in [5, 5.41) is 9.53. The minimum atomic E-state index is 0.906. The van der Waals surface area contributed by atoms with E-state index in [1.54, 1.807) is 0 Å². The van der Waals surface area contributed by atoms with E-state index in [0.717, 1.165) is 100 Å². The summed E-state index contributed by atoms with van der Waals surface area (Å²) in [5.41, 5.74) is 17.4. The third kappa shape index (κ3) is 7.30. The molecular formula is C72H46N4. The second-order valence-corrected chi connectivity index (χ2v) is 19.7. The Labute approximate surface area is 439 Å². The van der Waals surface area contributed by atoms with E-state index < -0.39 is 0 Å². The van der Waals surface area contributed by atoms with Crippen LogP contribution < -0.4 is 0 Å². The number of nitrogens with zero attached hydrogens (tertiary/aromatic N) is 4. The van der Waals surface area contributed by atoms with Gasteiger partial charge in [0, 0.05) is 22.5 Å². The fourth-order valence-corrected chi connectivity index (χ4v) is 11.7. The fourth-order valence-electron chi connectivity index (χ4n) is 11.7. The largest absolute Gasteiger partial charge is 0.292 e. The molecule has 354 valence electrons. The molecule has 0 N–H and O–H groups in total. The molecule has 4 heteroatoms. The van der Waals surface area contributed by atoms with Gasteiger partial charge in [-0.1, -0.05) is 206 Å². The average Bonchev–Trinajstić information content (AvgIpc) is 4.16. The normalized spacial score (nSPS) is 11.7. The first-order chi connectivity index (χ1) is 37.7. The van der Waals surface area contributed by atoms with Gasteiger partial charge >= 0.3 is 0 Å². The number of rotatable bonds is 8. The zero-order valence-electron chi connectivity index (χ0n) is 41.3. The van der Waals surface area contributed by atoms with Crippen LogP contribution in [0.2, 0.25) is 0 Å². The second kappa shape index (κ2) is 17.8. The molecule has 13 aromatic carbocycles. The third-order valence-corrected chi connectivity index (χ3v) is 15.3. The minimum Gasteiger partial charge on any atom is -0.292 e. The van der Waals surface area contributed by atoms with Crippen molar-refractivity contribution < 1.29 is 0 Å². The highest BCUT2D eigenvalue weighted by molar-refractivity contribution is 6.23. The molecule has 2 heterocycles. The molecule has 2 aromatic heterocycles. The Morgan fingerprint density at radius 2 is 0.566 bits per heavy atom. The molecule has 0 aliphatic carbocycles. The molecule has 0 fully saturated rings. The van der Waals surface area contributed by atoms with Crippen LogP contribution in [0.5, 0.6) is 0 Å². The van der Waals surface area contributed by atoms with Gasteiger partial charge in [-0.2, -0.15) is 0 Å². The SMILES string of the molecule is c1ccc(-c2nc3cc(-c4c5ccc(-c6ccc7ccccc7c6)cc5c(-c5ccc6c(c5)nc(-c5ccccc5)n6-c5ccccc5)c5ccc(-c6ccc7ccccc7c6)cc45)ccc3n2-c2ccccc2)cc1. The van der Waals surface area contributed by atoms with Crippen molar-refractivity contribution in [2.75, 3.05) is 0 Å². The smallest absolute Gasteiger partial charge is 0.145 e. The highest BCUT2D eigenvalue weighted by Gasteiger charge is 2.23. The van der Waals surface area contributed by atoms with Crippen LogP contribution in [0.3, 0.4) is 0 Å². The number of aromatic nitrogens is 4. The van der Waals surface area contributed by atoms with Crippen LogP contribution >= 0.6 is 0 Å². The Morgan fingerprint density at radius 3 is 0.987 bits per heavy atom. The Morgan fingerprint density at radius 1 is 0.224 bits per heavy atom. The number of fused-ring (bicyclic) bond motifs is 6. The molecule has 0 unspecified atom stereocenters. The summed E-state index contributed by atoms with van der Waals surface area (Å²) < 4.78 is 4.58. The molecule has 0 spiro atoms. The lowest BCUT2D eigenvalue weighted by molar-refractivity contribution is 1.10. The van der Waals surface area contributed by atoms with Gasteiger partial charge in [0.2, 0.25) is 0 Å². The topological polar surface area (TPSA) is 35.6 Å². The molecule has 0 atom stereocenters. The molecule has 0 saturated carbocycles. The van der Waals surface area contributed by atoms with Crippen molar-refractivity contribution in [3.05, 3.63) is 279 Å². The lowest BCUT2D eigenvalue weighted by Gasteiger charge is -2.20. The Bertz CT molecular complexity index is 4420. The minimum absolute atomic E-state index is 0.906. The van der Waals surface area contributed by atoms with Gasteiger partial charge in [0.15, 0.2) is 0 Å². The molecule has 0 bridgehead atoms. The first kappa shape index (κ1) is 43.4. The monoisotopic (exact) mass is 966 g/mol. The predicted molar refractivity (Wildman–Crippen MR) is 318 cm³/mol. The van der Waals surface area contributed by atoms with E-state index >= 15 is 0 Å². The van der Waals surface area contributed by atoms with Crippen LogP contribution in [0.4, 0.5) is 0 Å². The summed E-state index contributed by atoms with van der Waals surface area (Å²) in [6, 6.07) is 101. The van der Waals surface area contributed by atoms with Crippen LogP contribution in [0.15, 0.2) is 279 Å². The van der Waals surface area contributed by atoms with Crippen molar-refractivity contribution in [2.24, 2.45) is 0 Å². The lowest BCUT2D eigenvalue weighted by Crippen LogP contribution is -1.97. The van der Waals surface area contributed by atoms with E-state index in [0.29, 0.717) is 0 Å². The van der Waals surface area contributed by atoms with Gasteiger partial charge in [0.05, 0.1) is 22.1 Å². The Hall–Kier alpha value is -10.2. The molecule has 0 aliphatic rings. The highest BCUT2D eigenvalue weighted by atomic mass is 15.1. The van der Waals surface area contributed by atoms with E-state index in [1.165, 1.54) is 43.8 Å². The average molecular weight is 967 g/mol. The number of imidazole rings is 2. The van der Waals surface area contributed by atoms with Gasteiger partial charge in [-0.05, 0) is 160 Å². The van der Waals surface area contributed by atoms with Crippen molar-refractivity contribution in [3.63, 3.8) is 0 Å². The fraction of sp³-hybridized carbons (Fsp3) is 0. The lowest BCUT2D eigenvalue weighted by atomic mass is 9.83. The van der Waals surface area contributed by atoms with E-state index in [9.17, 15) is 0 Å². The van der Waals surface area contributed by atoms with Crippen molar-refractivity contribution in [3.8, 4) is 78.7 Å². The molecule has 0 saturated heterocycles. The van der Waals surface area contributed by atoms with Gasteiger partial charge in [-0.25, -0.2) is 9.97 Å². The van der Waals surface area contributed by atoms with Gasteiger partial charge < -0.3 is 0 Å². The van der Waals surface area contributed by atoms with Crippen molar-refractivity contribution in [1.82, 2.24) is 19.1 Å². The van der Waals surface area contributed by atoms with Gasteiger partial charge in [0.1, 0.15) is 11.6 Å². The van der Waals surface area contributed by atoms with Crippen LogP contribution in [-0.4, -0.2) is 19.1 Å². The molecule has 15 aromatic rings. The summed E-state index contributed by atoms with van der Waals surface area (Å²) in [6.07, 6.45) is 0. The van der Waals surface area contributed by atoms with E-state index in [4.69, 9.17) is 9.97 Å². The molecular weight excluding hydrogens is 921 g/mol. The number of benzene rings is 13. The Balaban J connectivity index is 1.03. The van der Waals surface area contributed by atoms with Crippen LogP contribution in [-0.2, 0) is 0 Å². The summed E-state index contributed by atoms with van der Waals surface area (Å²) in [6.45, 7) is 0. The molecule has 76 heavy (non-hydrogen) atoms. The van der Waals surface area contributed by atoms with Crippen LogP contribution in [0.1, 0.15) is 0 Å². The van der Waals surface area contributed by atoms with E-state index in [-0.39, 0.29) is 0 Å². The predicted octanol–water partition coefficient (Wildman–Crippen LogP) is 19.0. The van der Waals surface area contributed by atoms with E-state index in [2.05, 4.69) is 288 Å². The quantitative estimate of drug-likeness (QED) is 0.142. The second-order valence-electron chi connectivity index (χ2n) is 19.7. The van der Waals surface area contributed by atoms with Crippen LogP contribution in [0, 0.1) is 0 Å². The molecule has 15 rings (SSSR count). The number of hydrogen-bond donors (Lipinski definition) is 0. The summed E-state index contributed by atoms with van der Waals surface area (Å²) in [4.78, 5) is 11.0. The third-order valence-electron chi connectivity index (χ3n) is 15.3. The highest BCUT2D eigenvalue weighted by Crippen LogP contribution is 2.48. The maximum atomic E-state index is 5.48. The van der Waals surface area contributed by atoms with Gasteiger partial charge in [-0.3, -0.25) is 9.13 Å². The van der Waals surface area contributed by atoms with Gasteiger partial charge in [-0.15, -0.1) is 0 Å². The first-order valence-electron chi connectivity index (χ1n) is 26.0. The maximum Gasteiger partial charge on any atom is 0.145 e. The molecule has 4 nitrogen and oxygen atoms in total. The molecule has 0 radical (unpaired) electrons. The zero-order valence-corrected chi connectivity index (χ0v) is 41.3. The van der Waals surface area contributed by atoms with Crippen molar-refractivity contribution in [1.29, 1.82) is 0 Å². The summed E-state index contributed by atoms with van der Waals surface area (Å²) in [5.74, 6) is 1.81. The van der Waals surface area contributed by atoms with Gasteiger partial charge in [0.25, 0.3) is 0 Å². The zero-order chi connectivity index (χ0) is 50.1. The Kier molecular flexibility index (Phi) is 10.2.